The number of carbonyl (C=O) groups is 1. The van der Waals surface area contributed by atoms with Crippen LogP contribution < -0.4 is 4.90 Å². The molecule has 18 heavy (non-hydrogen) atoms. The molecule has 2 rings (SSSR count). The molecule has 1 N–H and O–H groups in total. The van der Waals surface area contributed by atoms with Crippen LogP contribution >= 0.6 is 0 Å². The second-order valence-corrected chi connectivity index (χ2v) is 5.44. The number of nitrogens with zero attached hydrogens (tertiary/aromatic N) is 1. The van der Waals surface area contributed by atoms with Crippen LogP contribution in [0.25, 0.3) is 0 Å². The molecule has 0 bridgehead atoms. The first-order chi connectivity index (χ1) is 8.42. The summed E-state index contributed by atoms with van der Waals surface area (Å²) < 4.78 is 13.8. The van der Waals surface area contributed by atoms with E-state index in [0.717, 1.165) is 0 Å². The SMILES string of the molecule is CC1(C)CC(C(=O)O)CCN1c1ccccc1F. The lowest BCUT2D eigenvalue weighted by Crippen LogP contribution is -2.51. The van der Waals surface area contributed by atoms with Gasteiger partial charge in [0.25, 0.3) is 0 Å². The van der Waals surface area contributed by atoms with E-state index in [-0.39, 0.29) is 17.3 Å². The van der Waals surface area contributed by atoms with Gasteiger partial charge in [-0.2, -0.15) is 0 Å². The number of carboxylic acid groups (broad SMARTS) is 1. The summed E-state index contributed by atoms with van der Waals surface area (Å²) in [6.45, 7) is 4.51. The fraction of sp³-hybridized carbons (Fsp3) is 0.500. The summed E-state index contributed by atoms with van der Waals surface area (Å²) in [5.41, 5.74) is 0.218. The first kappa shape index (κ1) is 12.9. The minimum atomic E-state index is -0.753. The van der Waals surface area contributed by atoms with E-state index < -0.39 is 5.97 Å². The van der Waals surface area contributed by atoms with Crippen molar-refractivity contribution in [1.82, 2.24) is 0 Å². The van der Waals surface area contributed by atoms with Crippen molar-refractivity contribution in [3.63, 3.8) is 0 Å². The average molecular weight is 251 g/mol. The van der Waals surface area contributed by atoms with E-state index in [1.807, 2.05) is 18.7 Å². The Morgan fingerprint density at radius 2 is 2.11 bits per heavy atom. The zero-order chi connectivity index (χ0) is 13.3. The molecule has 0 aromatic heterocycles. The smallest absolute Gasteiger partial charge is 0.306 e. The van der Waals surface area contributed by atoms with Gasteiger partial charge in [0.15, 0.2) is 0 Å². The second-order valence-electron chi connectivity index (χ2n) is 5.44. The average Bonchev–Trinajstić information content (AvgIpc) is 2.29. The predicted molar refractivity (Wildman–Crippen MR) is 68.2 cm³/mol. The Balaban J connectivity index is 2.26. The highest BCUT2D eigenvalue weighted by molar-refractivity contribution is 5.71. The van der Waals surface area contributed by atoms with Crippen molar-refractivity contribution in [2.75, 3.05) is 11.4 Å². The quantitative estimate of drug-likeness (QED) is 0.878. The number of aliphatic carboxylic acids is 1. The van der Waals surface area contributed by atoms with E-state index in [1.165, 1.54) is 6.07 Å². The molecule has 1 unspecified atom stereocenters. The third-order valence-electron chi connectivity index (χ3n) is 3.67. The lowest BCUT2D eigenvalue weighted by molar-refractivity contribution is -0.143. The molecule has 4 heteroatoms. The maximum atomic E-state index is 13.8. The van der Waals surface area contributed by atoms with Gasteiger partial charge >= 0.3 is 5.97 Å². The lowest BCUT2D eigenvalue weighted by atomic mass is 9.82. The summed E-state index contributed by atoms with van der Waals surface area (Å²) in [5, 5.41) is 9.09. The van der Waals surface area contributed by atoms with Crippen molar-refractivity contribution < 1.29 is 14.3 Å². The van der Waals surface area contributed by atoms with E-state index in [9.17, 15) is 9.18 Å². The largest absolute Gasteiger partial charge is 0.481 e. The topological polar surface area (TPSA) is 40.5 Å². The van der Waals surface area contributed by atoms with Crippen molar-refractivity contribution in [3.8, 4) is 0 Å². The Bertz CT molecular complexity index is 459. The van der Waals surface area contributed by atoms with E-state index in [4.69, 9.17) is 5.11 Å². The molecule has 1 heterocycles. The zero-order valence-electron chi connectivity index (χ0n) is 10.7. The molecule has 98 valence electrons. The van der Waals surface area contributed by atoms with Gasteiger partial charge in [0.1, 0.15) is 5.82 Å². The van der Waals surface area contributed by atoms with Crippen LogP contribution in [0, 0.1) is 11.7 Å². The third kappa shape index (κ3) is 2.33. The Morgan fingerprint density at radius 3 is 2.67 bits per heavy atom. The van der Waals surface area contributed by atoms with Crippen LogP contribution in [-0.2, 0) is 4.79 Å². The van der Waals surface area contributed by atoms with Crippen LogP contribution in [0.5, 0.6) is 0 Å². The molecule has 1 atom stereocenters. The molecule has 0 aliphatic carbocycles. The van der Waals surface area contributed by atoms with Crippen LogP contribution in [0.1, 0.15) is 26.7 Å². The molecule has 1 aromatic rings. The van der Waals surface area contributed by atoms with E-state index in [2.05, 4.69) is 0 Å². The summed E-state index contributed by atoms with van der Waals surface area (Å²) in [6, 6.07) is 6.65. The fourth-order valence-corrected chi connectivity index (χ4v) is 2.73. The minimum Gasteiger partial charge on any atom is -0.481 e. The summed E-state index contributed by atoms with van der Waals surface area (Å²) in [6.07, 6.45) is 1.10. The fourth-order valence-electron chi connectivity index (χ4n) is 2.73. The highest BCUT2D eigenvalue weighted by atomic mass is 19.1. The molecule has 1 fully saturated rings. The lowest BCUT2D eigenvalue weighted by Gasteiger charge is -2.46. The summed E-state index contributed by atoms with van der Waals surface area (Å²) >= 11 is 0. The number of anilines is 1. The van der Waals surface area contributed by atoms with E-state index >= 15 is 0 Å². The number of hydrogen-bond donors (Lipinski definition) is 1. The standard InChI is InChI=1S/C14H18FNO2/c1-14(2)9-10(13(17)18)7-8-16(14)12-6-4-3-5-11(12)15/h3-6,10H,7-9H2,1-2H3,(H,17,18). The van der Waals surface area contributed by atoms with Crippen LogP contribution in [-0.4, -0.2) is 23.2 Å². The second kappa shape index (κ2) is 4.59. The molecule has 1 aliphatic rings. The van der Waals surface area contributed by atoms with Crippen molar-refractivity contribution in [3.05, 3.63) is 30.1 Å². The van der Waals surface area contributed by atoms with Gasteiger partial charge < -0.3 is 10.0 Å². The van der Waals surface area contributed by atoms with Gasteiger partial charge in [0.05, 0.1) is 11.6 Å². The van der Waals surface area contributed by atoms with Crippen molar-refractivity contribution in [1.29, 1.82) is 0 Å². The summed E-state index contributed by atoms with van der Waals surface area (Å²) in [5.74, 6) is -1.33. The number of hydrogen-bond acceptors (Lipinski definition) is 2. The van der Waals surface area contributed by atoms with Crippen molar-refractivity contribution in [2.24, 2.45) is 5.92 Å². The van der Waals surface area contributed by atoms with Gasteiger partial charge in [-0.3, -0.25) is 4.79 Å². The van der Waals surface area contributed by atoms with Crippen LogP contribution in [0.2, 0.25) is 0 Å². The Hall–Kier alpha value is -1.58. The van der Waals surface area contributed by atoms with Gasteiger partial charge in [-0.05, 0) is 38.8 Å². The number of rotatable bonds is 2. The molecule has 1 saturated heterocycles. The molecule has 3 nitrogen and oxygen atoms in total. The number of para-hydroxylation sites is 1. The number of piperidine rings is 1. The first-order valence-corrected chi connectivity index (χ1v) is 6.17. The molecule has 1 aromatic carbocycles. The van der Waals surface area contributed by atoms with Crippen LogP contribution in [0.3, 0.4) is 0 Å². The minimum absolute atomic E-state index is 0.251. The van der Waals surface area contributed by atoms with Crippen LogP contribution in [0.4, 0.5) is 10.1 Å². The summed E-state index contributed by atoms with van der Waals surface area (Å²) in [7, 11) is 0. The van der Waals surface area contributed by atoms with E-state index in [0.29, 0.717) is 25.1 Å². The van der Waals surface area contributed by atoms with Gasteiger partial charge in [-0.1, -0.05) is 12.1 Å². The molecule has 0 spiro atoms. The van der Waals surface area contributed by atoms with Gasteiger partial charge in [0, 0.05) is 12.1 Å². The number of benzene rings is 1. The highest BCUT2D eigenvalue weighted by Crippen LogP contribution is 2.36. The molecular weight excluding hydrogens is 233 g/mol. The molecule has 0 amide bonds. The Labute approximate surface area is 106 Å². The van der Waals surface area contributed by atoms with Gasteiger partial charge in [-0.25, -0.2) is 4.39 Å². The highest BCUT2D eigenvalue weighted by Gasteiger charge is 2.38. The maximum Gasteiger partial charge on any atom is 0.306 e. The Kier molecular flexibility index (Phi) is 3.28. The van der Waals surface area contributed by atoms with Gasteiger partial charge in [0.2, 0.25) is 0 Å². The number of carboxylic acids is 1. The maximum absolute atomic E-state index is 13.8. The van der Waals surface area contributed by atoms with Gasteiger partial charge in [-0.15, -0.1) is 0 Å². The number of halogens is 1. The van der Waals surface area contributed by atoms with Crippen molar-refractivity contribution >= 4 is 11.7 Å². The monoisotopic (exact) mass is 251 g/mol. The normalized spacial score (nSPS) is 22.8. The van der Waals surface area contributed by atoms with Crippen LogP contribution in [0.15, 0.2) is 24.3 Å². The Morgan fingerprint density at radius 1 is 1.44 bits per heavy atom. The first-order valence-electron chi connectivity index (χ1n) is 6.17. The third-order valence-corrected chi connectivity index (χ3v) is 3.67. The molecule has 0 saturated carbocycles. The van der Waals surface area contributed by atoms with Crippen molar-refractivity contribution in [2.45, 2.75) is 32.2 Å². The molecular formula is C14H18FNO2. The summed E-state index contributed by atoms with van der Waals surface area (Å²) in [4.78, 5) is 13.0. The molecule has 0 radical (unpaired) electrons. The molecule has 1 aliphatic heterocycles. The van der Waals surface area contributed by atoms with E-state index in [1.54, 1.807) is 18.2 Å². The predicted octanol–water partition coefficient (Wildman–Crippen LogP) is 2.91. The zero-order valence-corrected chi connectivity index (χ0v) is 10.7.